The summed E-state index contributed by atoms with van der Waals surface area (Å²) in [5.41, 5.74) is 1.53. The summed E-state index contributed by atoms with van der Waals surface area (Å²) in [6, 6.07) is 7.71. The molecule has 0 aromatic heterocycles. The molecule has 0 atom stereocenters. The highest BCUT2D eigenvalue weighted by Gasteiger charge is 2.22. The van der Waals surface area contributed by atoms with Crippen molar-refractivity contribution < 1.29 is 4.79 Å². The van der Waals surface area contributed by atoms with Gasteiger partial charge in [-0.3, -0.25) is 4.79 Å². The van der Waals surface area contributed by atoms with Gasteiger partial charge in [-0.15, -0.1) is 0 Å². The number of amides is 1. The van der Waals surface area contributed by atoms with Crippen LogP contribution in [0.4, 0.5) is 0 Å². The summed E-state index contributed by atoms with van der Waals surface area (Å²) in [6.45, 7) is 0.579. The first-order valence-electron chi connectivity index (χ1n) is 4.53. The first-order chi connectivity index (χ1) is 6.86. The standard InChI is InChI=1S/C11H8N2O/c14-11-10-7-3-1-2-4-8(7)13-9(10)5-6-12-11/h1-5H,6H2,(H,12,14). The van der Waals surface area contributed by atoms with Gasteiger partial charge in [0.25, 0.3) is 5.91 Å². The van der Waals surface area contributed by atoms with Gasteiger partial charge in [-0.05, 0) is 12.1 Å². The van der Waals surface area contributed by atoms with Crippen LogP contribution in [-0.4, -0.2) is 12.5 Å². The van der Waals surface area contributed by atoms with E-state index in [0.717, 1.165) is 16.3 Å². The maximum absolute atomic E-state index is 11.6. The van der Waals surface area contributed by atoms with Crippen LogP contribution < -0.4 is 15.9 Å². The molecule has 1 N–H and O–H groups in total. The predicted octanol–water partition coefficient (Wildman–Crippen LogP) is -0.516. The van der Waals surface area contributed by atoms with Crippen molar-refractivity contribution in [2.75, 3.05) is 6.54 Å². The molecular weight excluding hydrogens is 176 g/mol. The van der Waals surface area contributed by atoms with E-state index < -0.39 is 0 Å². The molecule has 2 heterocycles. The van der Waals surface area contributed by atoms with E-state index >= 15 is 0 Å². The molecule has 2 aliphatic heterocycles. The third-order valence-corrected chi connectivity index (χ3v) is 2.46. The predicted molar refractivity (Wildman–Crippen MR) is 51.7 cm³/mol. The molecule has 68 valence electrons. The second kappa shape index (κ2) is 2.54. The Morgan fingerprint density at radius 2 is 2.14 bits per heavy atom. The zero-order chi connectivity index (χ0) is 9.54. The monoisotopic (exact) mass is 184 g/mol. The summed E-state index contributed by atoms with van der Waals surface area (Å²) in [4.78, 5) is 16.0. The Labute approximate surface area is 80.5 Å². The van der Waals surface area contributed by atoms with E-state index in [1.165, 1.54) is 0 Å². The minimum atomic E-state index is -0.0174. The minimum Gasteiger partial charge on any atom is -0.348 e. The van der Waals surface area contributed by atoms with Gasteiger partial charge in [0.2, 0.25) is 0 Å². The first-order valence-corrected chi connectivity index (χ1v) is 4.53. The van der Waals surface area contributed by atoms with E-state index in [2.05, 4.69) is 10.3 Å². The van der Waals surface area contributed by atoms with Crippen molar-refractivity contribution in [1.29, 1.82) is 0 Å². The van der Waals surface area contributed by atoms with Gasteiger partial charge in [0, 0.05) is 11.8 Å². The third-order valence-electron chi connectivity index (χ3n) is 2.46. The van der Waals surface area contributed by atoms with Crippen molar-refractivity contribution in [3.05, 3.63) is 46.6 Å². The fourth-order valence-electron chi connectivity index (χ4n) is 1.82. The minimum absolute atomic E-state index is 0.0174. The molecule has 1 aromatic carbocycles. The SMILES string of the molecule is O=C1NCC=C2N=c3ccccc3=C12. The molecule has 0 saturated carbocycles. The molecule has 14 heavy (non-hydrogen) atoms. The average Bonchev–Trinajstić information content (AvgIpc) is 2.57. The van der Waals surface area contributed by atoms with Crippen LogP contribution in [0, 0.1) is 0 Å². The van der Waals surface area contributed by atoms with E-state index in [4.69, 9.17) is 0 Å². The highest BCUT2D eigenvalue weighted by atomic mass is 16.1. The highest BCUT2D eigenvalue weighted by Crippen LogP contribution is 2.16. The third kappa shape index (κ3) is 0.865. The molecule has 3 heteroatoms. The van der Waals surface area contributed by atoms with E-state index in [1.54, 1.807) is 0 Å². The topological polar surface area (TPSA) is 41.5 Å². The van der Waals surface area contributed by atoms with Gasteiger partial charge in [-0.2, -0.15) is 0 Å². The van der Waals surface area contributed by atoms with Gasteiger partial charge >= 0.3 is 0 Å². The Kier molecular flexibility index (Phi) is 1.36. The number of carbonyl (C=O) groups excluding carboxylic acids is 1. The molecule has 1 amide bonds. The van der Waals surface area contributed by atoms with Crippen molar-refractivity contribution in [2.24, 2.45) is 4.99 Å². The van der Waals surface area contributed by atoms with E-state index in [1.807, 2.05) is 30.3 Å². The fraction of sp³-hybridized carbons (Fsp3) is 0.0909. The van der Waals surface area contributed by atoms with E-state index in [9.17, 15) is 4.79 Å². The van der Waals surface area contributed by atoms with Crippen LogP contribution in [0.1, 0.15) is 0 Å². The average molecular weight is 184 g/mol. The lowest BCUT2D eigenvalue weighted by molar-refractivity contribution is -0.115. The molecule has 0 saturated heterocycles. The number of hydrogen-bond donors (Lipinski definition) is 1. The molecule has 0 fully saturated rings. The quantitative estimate of drug-likeness (QED) is 0.579. The van der Waals surface area contributed by atoms with E-state index in [0.29, 0.717) is 12.1 Å². The number of fused-ring (bicyclic) bond motifs is 2. The maximum Gasteiger partial charge on any atom is 0.254 e. The summed E-state index contributed by atoms with van der Waals surface area (Å²) in [6.07, 6.45) is 1.94. The van der Waals surface area contributed by atoms with Crippen LogP contribution in [0.25, 0.3) is 5.57 Å². The van der Waals surface area contributed by atoms with Crippen LogP contribution >= 0.6 is 0 Å². The summed E-state index contributed by atoms with van der Waals surface area (Å²) in [5, 5.41) is 4.62. The molecule has 0 bridgehead atoms. The Bertz CT molecular complexity index is 569. The lowest BCUT2D eigenvalue weighted by Crippen LogP contribution is -2.33. The number of rotatable bonds is 0. The lowest BCUT2D eigenvalue weighted by Gasteiger charge is -2.10. The maximum atomic E-state index is 11.6. The zero-order valence-electron chi connectivity index (χ0n) is 7.45. The molecule has 0 aliphatic carbocycles. The Hall–Kier alpha value is -1.90. The second-order valence-corrected chi connectivity index (χ2v) is 3.30. The van der Waals surface area contributed by atoms with Crippen molar-refractivity contribution in [3.8, 4) is 0 Å². The number of nitrogens with zero attached hydrogens (tertiary/aromatic N) is 1. The van der Waals surface area contributed by atoms with Crippen LogP contribution in [0.5, 0.6) is 0 Å². The van der Waals surface area contributed by atoms with Crippen molar-refractivity contribution in [3.63, 3.8) is 0 Å². The van der Waals surface area contributed by atoms with E-state index in [-0.39, 0.29) is 5.91 Å². The normalized spacial score (nSPS) is 17.9. The molecule has 3 nitrogen and oxygen atoms in total. The van der Waals surface area contributed by atoms with Gasteiger partial charge in [-0.1, -0.05) is 18.2 Å². The number of nitrogens with one attached hydrogen (secondary N) is 1. The zero-order valence-corrected chi connectivity index (χ0v) is 7.45. The first kappa shape index (κ1) is 7.50. The summed E-state index contributed by atoms with van der Waals surface area (Å²) in [5.74, 6) is -0.0174. The number of benzene rings is 1. The largest absolute Gasteiger partial charge is 0.348 e. The molecular formula is C11H8N2O. The van der Waals surface area contributed by atoms with Crippen LogP contribution in [0.15, 0.2) is 41.0 Å². The van der Waals surface area contributed by atoms with Crippen LogP contribution in [-0.2, 0) is 4.79 Å². The fourth-order valence-corrected chi connectivity index (χ4v) is 1.82. The van der Waals surface area contributed by atoms with Gasteiger partial charge in [-0.25, -0.2) is 4.99 Å². The van der Waals surface area contributed by atoms with Crippen LogP contribution in [0.2, 0.25) is 0 Å². The molecule has 3 rings (SSSR count). The molecule has 1 aromatic rings. The lowest BCUT2D eigenvalue weighted by atomic mass is 10.1. The van der Waals surface area contributed by atoms with Crippen molar-refractivity contribution in [2.45, 2.75) is 0 Å². The highest BCUT2D eigenvalue weighted by molar-refractivity contribution is 6.20. The molecule has 0 unspecified atom stereocenters. The Morgan fingerprint density at radius 3 is 3.07 bits per heavy atom. The Balaban J connectivity index is 2.48. The molecule has 2 aliphatic rings. The van der Waals surface area contributed by atoms with Gasteiger partial charge in [0.1, 0.15) is 0 Å². The smallest absolute Gasteiger partial charge is 0.254 e. The number of carbonyl (C=O) groups is 1. The summed E-state index contributed by atoms with van der Waals surface area (Å²) < 4.78 is 0. The van der Waals surface area contributed by atoms with Crippen LogP contribution in [0.3, 0.4) is 0 Å². The van der Waals surface area contributed by atoms with Crippen molar-refractivity contribution >= 4 is 11.5 Å². The Morgan fingerprint density at radius 1 is 1.29 bits per heavy atom. The summed E-state index contributed by atoms with van der Waals surface area (Å²) >= 11 is 0. The second-order valence-electron chi connectivity index (χ2n) is 3.30. The molecule has 0 radical (unpaired) electrons. The summed E-state index contributed by atoms with van der Waals surface area (Å²) in [7, 11) is 0. The molecule has 0 spiro atoms. The number of hydrogen-bond acceptors (Lipinski definition) is 2. The van der Waals surface area contributed by atoms with Gasteiger partial charge < -0.3 is 5.32 Å². The number of para-hydroxylation sites is 1. The van der Waals surface area contributed by atoms with Gasteiger partial charge in [0.15, 0.2) is 0 Å². The van der Waals surface area contributed by atoms with Gasteiger partial charge in [0.05, 0.1) is 16.6 Å². The van der Waals surface area contributed by atoms with Crippen molar-refractivity contribution in [1.82, 2.24) is 5.32 Å².